The van der Waals surface area contributed by atoms with Gasteiger partial charge in [0.15, 0.2) is 0 Å². The summed E-state index contributed by atoms with van der Waals surface area (Å²) in [6.07, 6.45) is 77.4. The molecule has 1 amide bonds. The Balaban J connectivity index is 3.49. The van der Waals surface area contributed by atoms with Crippen LogP contribution in [0.25, 0.3) is 0 Å². The van der Waals surface area contributed by atoms with E-state index < -0.39 is 12.1 Å². The number of unbranched alkanes of at least 4 members (excludes halogenated alkanes) is 41. The van der Waals surface area contributed by atoms with Gasteiger partial charge < -0.3 is 20.3 Å². The normalized spacial score (nSPS) is 12.9. The molecule has 0 aliphatic heterocycles. The third kappa shape index (κ3) is 57.0. The van der Waals surface area contributed by atoms with Crippen molar-refractivity contribution < 1.29 is 24.5 Å². The highest BCUT2D eigenvalue weighted by Gasteiger charge is 2.18. The van der Waals surface area contributed by atoms with Crippen molar-refractivity contribution in [1.29, 1.82) is 0 Å². The van der Waals surface area contributed by atoms with Crippen LogP contribution in [0.3, 0.4) is 0 Å². The Kier molecular flexibility index (Phi) is 58.5. The zero-order chi connectivity index (χ0) is 51.4. The molecule has 416 valence electrons. The smallest absolute Gasteiger partial charge is 0.305 e. The van der Waals surface area contributed by atoms with E-state index in [2.05, 4.69) is 55.6 Å². The molecule has 0 aromatic heterocycles. The second kappa shape index (κ2) is 60.4. The van der Waals surface area contributed by atoms with Crippen LogP contribution < -0.4 is 5.32 Å². The largest absolute Gasteiger partial charge is 0.465 e. The van der Waals surface area contributed by atoms with Gasteiger partial charge in [-0.15, -0.1) is 0 Å². The number of aliphatic hydroxyl groups is 2. The summed E-state index contributed by atoms with van der Waals surface area (Å²) in [7, 11) is 0. The second-order valence-electron chi connectivity index (χ2n) is 21.4. The van der Waals surface area contributed by atoms with Crippen molar-refractivity contribution in [3.05, 3.63) is 48.6 Å². The van der Waals surface area contributed by atoms with E-state index in [1.807, 2.05) is 6.08 Å². The number of carbonyl (C=O) groups excluding carboxylic acids is 2. The van der Waals surface area contributed by atoms with Gasteiger partial charge in [0.05, 0.1) is 25.4 Å². The number of esters is 1. The van der Waals surface area contributed by atoms with Gasteiger partial charge in [0, 0.05) is 12.8 Å². The number of rotatable bonds is 58. The topological polar surface area (TPSA) is 95.9 Å². The fourth-order valence-corrected chi connectivity index (χ4v) is 9.53. The Bertz CT molecular complexity index is 1190. The first-order valence-electron chi connectivity index (χ1n) is 31.4. The van der Waals surface area contributed by atoms with E-state index in [0.717, 1.165) is 51.4 Å². The Morgan fingerprint density at radius 2 is 0.704 bits per heavy atom. The fraction of sp³-hybridized carbons (Fsp3) is 0.846. The monoisotopic (exact) mass is 996 g/mol. The first-order valence-corrected chi connectivity index (χ1v) is 31.4. The fourth-order valence-electron chi connectivity index (χ4n) is 9.53. The van der Waals surface area contributed by atoms with Crippen LogP contribution in [-0.2, 0) is 14.3 Å². The molecular formula is C65H121NO5. The molecule has 0 heterocycles. The van der Waals surface area contributed by atoms with Crippen molar-refractivity contribution in [3.63, 3.8) is 0 Å². The number of nitrogens with one attached hydrogen (secondary N) is 1. The number of hydrogen-bond donors (Lipinski definition) is 3. The molecule has 0 saturated heterocycles. The summed E-state index contributed by atoms with van der Waals surface area (Å²) in [6.45, 7) is 4.80. The number of carbonyl (C=O) groups is 2. The molecule has 6 heteroatoms. The van der Waals surface area contributed by atoms with Gasteiger partial charge in [-0.2, -0.15) is 0 Å². The standard InChI is InChI=1S/C65H121NO5/c1-3-5-7-9-11-13-15-17-19-20-26-30-33-37-41-45-49-53-57-63(68)62(61-67)66-64(69)58-54-50-46-42-38-34-31-27-24-22-21-23-25-28-32-36-40-44-48-52-56-60-71-65(70)59-55-51-47-43-39-35-29-18-16-14-12-10-8-6-4-2/h18,29,36,40,48,52-53,57,62-63,67-68H,3-17,19-28,30-35,37-39,41-47,49-51,54-56,58-61H2,1-2H3,(H,66,69)/b29-18-,40-36-,52-48-,57-53+. The van der Waals surface area contributed by atoms with Gasteiger partial charge in [-0.3, -0.25) is 9.59 Å². The number of allylic oxidation sites excluding steroid dienone is 6. The minimum atomic E-state index is -0.849. The molecule has 2 unspecified atom stereocenters. The number of aliphatic hydroxyl groups excluding tert-OH is 2. The van der Waals surface area contributed by atoms with Crippen LogP contribution in [0, 0.1) is 0 Å². The summed E-state index contributed by atoms with van der Waals surface area (Å²) in [5.41, 5.74) is 0. The van der Waals surface area contributed by atoms with Crippen LogP contribution >= 0.6 is 0 Å². The van der Waals surface area contributed by atoms with Crippen molar-refractivity contribution in [2.75, 3.05) is 13.2 Å². The van der Waals surface area contributed by atoms with E-state index >= 15 is 0 Å². The molecule has 0 aliphatic carbocycles. The predicted molar refractivity (Wildman–Crippen MR) is 310 cm³/mol. The minimum Gasteiger partial charge on any atom is -0.465 e. The van der Waals surface area contributed by atoms with Crippen LogP contribution in [0.1, 0.15) is 328 Å². The van der Waals surface area contributed by atoms with Gasteiger partial charge >= 0.3 is 5.97 Å². The molecule has 0 aromatic carbocycles. The van der Waals surface area contributed by atoms with Crippen LogP contribution in [0.5, 0.6) is 0 Å². The molecule has 6 nitrogen and oxygen atoms in total. The lowest BCUT2D eigenvalue weighted by molar-refractivity contribution is -0.143. The zero-order valence-electron chi connectivity index (χ0n) is 47.5. The molecule has 0 spiro atoms. The summed E-state index contributed by atoms with van der Waals surface area (Å²) in [4.78, 5) is 24.5. The zero-order valence-corrected chi connectivity index (χ0v) is 47.5. The highest BCUT2D eigenvalue weighted by Crippen LogP contribution is 2.17. The van der Waals surface area contributed by atoms with Gasteiger partial charge in [0.2, 0.25) is 5.91 Å². The van der Waals surface area contributed by atoms with Gasteiger partial charge in [-0.25, -0.2) is 0 Å². The molecular weight excluding hydrogens is 875 g/mol. The lowest BCUT2D eigenvalue weighted by Crippen LogP contribution is -2.45. The van der Waals surface area contributed by atoms with Gasteiger partial charge in [-0.05, 0) is 77.0 Å². The number of ether oxygens (including phenoxy) is 1. The van der Waals surface area contributed by atoms with Gasteiger partial charge in [0.1, 0.15) is 0 Å². The third-order valence-corrected chi connectivity index (χ3v) is 14.3. The lowest BCUT2D eigenvalue weighted by atomic mass is 10.0. The maximum Gasteiger partial charge on any atom is 0.305 e. The third-order valence-electron chi connectivity index (χ3n) is 14.3. The van der Waals surface area contributed by atoms with Crippen molar-refractivity contribution in [3.8, 4) is 0 Å². The Labute approximate surface area is 442 Å². The summed E-state index contributed by atoms with van der Waals surface area (Å²) in [5, 5.41) is 23.2. The van der Waals surface area contributed by atoms with Crippen LogP contribution in [0.4, 0.5) is 0 Å². The molecule has 2 atom stereocenters. The minimum absolute atomic E-state index is 0.0439. The number of amides is 1. The lowest BCUT2D eigenvalue weighted by Gasteiger charge is -2.20. The average molecular weight is 997 g/mol. The molecule has 0 fully saturated rings. The maximum absolute atomic E-state index is 12.5. The summed E-state index contributed by atoms with van der Waals surface area (Å²) in [5.74, 6) is -0.115. The molecule has 0 radical (unpaired) electrons. The summed E-state index contributed by atoms with van der Waals surface area (Å²) in [6, 6.07) is -0.633. The highest BCUT2D eigenvalue weighted by molar-refractivity contribution is 5.76. The first kappa shape index (κ1) is 68.8. The van der Waals surface area contributed by atoms with Crippen molar-refractivity contribution >= 4 is 11.9 Å². The van der Waals surface area contributed by atoms with E-state index in [-0.39, 0.29) is 18.5 Å². The summed E-state index contributed by atoms with van der Waals surface area (Å²) >= 11 is 0. The summed E-state index contributed by atoms with van der Waals surface area (Å²) < 4.78 is 5.41. The van der Waals surface area contributed by atoms with E-state index in [9.17, 15) is 19.8 Å². The van der Waals surface area contributed by atoms with Crippen LogP contribution in [0.15, 0.2) is 48.6 Å². The first-order chi connectivity index (χ1) is 35.0. The van der Waals surface area contributed by atoms with Crippen LogP contribution in [0.2, 0.25) is 0 Å². The number of hydrogen-bond acceptors (Lipinski definition) is 5. The maximum atomic E-state index is 12.5. The predicted octanol–water partition coefficient (Wildman–Crippen LogP) is 19.7. The molecule has 0 aromatic rings. The molecule has 0 rings (SSSR count). The van der Waals surface area contributed by atoms with E-state index in [1.54, 1.807) is 6.08 Å². The second-order valence-corrected chi connectivity index (χ2v) is 21.4. The van der Waals surface area contributed by atoms with Crippen LogP contribution in [-0.4, -0.2) is 47.4 Å². The van der Waals surface area contributed by atoms with Gasteiger partial charge in [0.25, 0.3) is 0 Å². The molecule has 71 heavy (non-hydrogen) atoms. The Morgan fingerprint density at radius 1 is 0.394 bits per heavy atom. The molecule has 0 saturated carbocycles. The van der Waals surface area contributed by atoms with Crippen molar-refractivity contribution in [2.24, 2.45) is 0 Å². The highest BCUT2D eigenvalue weighted by atomic mass is 16.5. The van der Waals surface area contributed by atoms with Crippen molar-refractivity contribution in [2.45, 2.75) is 341 Å². The average Bonchev–Trinajstić information content (AvgIpc) is 3.37. The molecule has 0 aliphatic rings. The van der Waals surface area contributed by atoms with Gasteiger partial charge in [-0.1, -0.05) is 287 Å². The van der Waals surface area contributed by atoms with E-state index in [4.69, 9.17) is 4.74 Å². The van der Waals surface area contributed by atoms with E-state index in [1.165, 1.54) is 250 Å². The SMILES string of the molecule is CCCCCCCC/C=C\CCCCCCCC(=O)OCC/C=C\C/C=C\CCCCCCCCCCCCCCCCC(=O)NC(CO)C(O)/C=C/CCCCCCCCCCCCCCCCCC. The molecule has 3 N–H and O–H groups in total. The Hall–Kier alpha value is -2.18. The van der Waals surface area contributed by atoms with E-state index in [0.29, 0.717) is 19.4 Å². The van der Waals surface area contributed by atoms with Crippen molar-refractivity contribution in [1.82, 2.24) is 5.32 Å². The Morgan fingerprint density at radius 3 is 1.08 bits per heavy atom. The quantitative estimate of drug-likeness (QED) is 0.0321. The molecule has 0 bridgehead atoms.